The second kappa shape index (κ2) is 13.4. The van der Waals surface area contributed by atoms with E-state index < -0.39 is 15.9 Å². The number of nitrogens with one attached hydrogen (secondary N) is 1. The lowest BCUT2D eigenvalue weighted by molar-refractivity contribution is -0.126. The fraction of sp³-hybridized carbons (Fsp3) is 0.414. The van der Waals surface area contributed by atoms with Crippen LogP contribution in [-0.4, -0.2) is 42.9 Å². The zero-order valence-electron chi connectivity index (χ0n) is 23.2. The molecule has 1 aromatic carbocycles. The van der Waals surface area contributed by atoms with E-state index in [4.69, 9.17) is 9.15 Å². The van der Waals surface area contributed by atoms with E-state index in [2.05, 4.69) is 18.8 Å². The number of carbonyl (C=O) groups is 2. The van der Waals surface area contributed by atoms with Crippen molar-refractivity contribution in [2.24, 2.45) is 5.92 Å². The lowest BCUT2D eigenvalue weighted by Gasteiger charge is -2.29. The van der Waals surface area contributed by atoms with Gasteiger partial charge in [-0.25, -0.2) is 18.1 Å². The first-order valence-corrected chi connectivity index (χ1v) is 14.9. The van der Waals surface area contributed by atoms with Crippen molar-refractivity contribution in [2.75, 3.05) is 12.8 Å². The molecular formula is C29H37N3O6S. The fourth-order valence-corrected chi connectivity index (χ4v) is 4.51. The van der Waals surface area contributed by atoms with Gasteiger partial charge in [-0.1, -0.05) is 38.2 Å². The average Bonchev–Trinajstić information content (AvgIpc) is 3.22. The monoisotopic (exact) mass is 555 g/mol. The number of carbonyl (C=O) groups excluding carboxylic acids is 2. The zero-order valence-corrected chi connectivity index (χ0v) is 24.0. The molecule has 39 heavy (non-hydrogen) atoms. The van der Waals surface area contributed by atoms with Crippen LogP contribution >= 0.6 is 0 Å². The third kappa shape index (κ3) is 8.95. The summed E-state index contributed by atoms with van der Waals surface area (Å²) in [6, 6.07) is 3.34. The third-order valence-corrected chi connectivity index (χ3v) is 6.69. The predicted octanol–water partition coefficient (Wildman–Crippen LogP) is 4.72. The van der Waals surface area contributed by atoms with E-state index in [0.717, 1.165) is 30.2 Å². The molecule has 10 heteroatoms. The number of nitrogens with zero attached hydrogens (tertiary/aromatic N) is 2. The lowest BCUT2D eigenvalue weighted by Crippen LogP contribution is -2.35. The first-order valence-electron chi connectivity index (χ1n) is 13.0. The van der Waals surface area contributed by atoms with E-state index in [1.54, 1.807) is 36.1 Å². The molecule has 2 aromatic rings. The number of sulfonamides is 1. The van der Waals surface area contributed by atoms with Crippen LogP contribution in [0.15, 0.2) is 46.9 Å². The Labute approximate surface area is 230 Å². The third-order valence-electron chi connectivity index (χ3n) is 6.14. The quantitative estimate of drug-likeness (QED) is 0.315. The molecule has 0 aliphatic carbocycles. The summed E-state index contributed by atoms with van der Waals surface area (Å²) in [5.41, 5.74) is 2.35. The first-order chi connectivity index (χ1) is 18.5. The topological polar surface area (TPSA) is 119 Å². The van der Waals surface area contributed by atoms with Crippen LogP contribution in [0.3, 0.4) is 0 Å². The highest BCUT2D eigenvalue weighted by atomic mass is 32.2. The second-order valence-corrected chi connectivity index (χ2v) is 11.7. The van der Waals surface area contributed by atoms with Crippen molar-refractivity contribution in [1.82, 2.24) is 14.6 Å². The van der Waals surface area contributed by atoms with E-state index in [1.807, 2.05) is 29.9 Å². The van der Waals surface area contributed by atoms with Gasteiger partial charge >= 0.3 is 0 Å². The Balaban J connectivity index is 1.84. The summed E-state index contributed by atoms with van der Waals surface area (Å²) in [6.07, 6.45) is 14.1. The molecule has 1 N–H and O–H groups in total. The predicted molar refractivity (Wildman–Crippen MR) is 151 cm³/mol. The van der Waals surface area contributed by atoms with Gasteiger partial charge in [0, 0.05) is 19.2 Å². The van der Waals surface area contributed by atoms with Crippen LogP contribution in [0, 0.1) is 12.8 Å². The van der Waals surface area contributed by atoms with Crippen LogP contribution in [0.25, 0.3) is 6.08 Å². The van der Waals surface area contributed by atoms with E-state index in [-0.39, 0.29) is 23.8 Å². The van der Waals surface area contributed by atoms with E-state index in [9.17, 15) is 18.0 Å². The van der Waals surface area contributed by atoms with Crippen LogP contribution in [0.5, 0.6) is 5.75 Å². The average molecular weight is 556 g/mol. The molecule has 0 saturated carbocycles. The van der Waals surface area contributed by atoms with Gasteiger partial charge in [-0.15, -0.1) is 0 Å². The van der Waals surface area contributed by atoms with Crippen molar-refractivity contribution in [3.8, 4) is 5.75 Å². The highest BCUT2D eigenvalue weighted by Gasteiger charge is 2.25. The van der Waals surface area contributed by atoms with Crippen molar-refractivity contribution in [1.29, 1.82) is 0 Å². The van der Waals surface area contributed by atoms with Gasteiger partial charge in [0.1, 0.15) is 23.8 Å². The standard InChI is InChI=1S/C29H37N3O6S/c1-6-7-8-13-28(33)32-15-14-22-16-24(29(34)31-39(5,35)36)26(17-23(22)18-32)37-19-25-21(4)38-27(30-25)12-10-9-11-20(2)3/h6-8,10,12-13,16-17,20H,9,11,14-15,18-19H2,1-5H3,(H,31,34)/b7-6+,12-10+,13-8+. The van der Waals surface area contributed by atoms with Crippen LogP contribution < -0.4 is 9.46 Å². The maximum Gasteiger partial charge on any atom is 0.268 e. The number of aromatic nitrogens is 1. The maximum absolute atomic E-state index is 12.9. The number of rotatable bonds is 11. The fourth-order valence-electron chi connectivity index (χ4n) is 4.06. The summed E-state index contributed by atoms with van der Waals surface area (Å²) in [5, 5.41) is 0. The summed E-state index contributed by atoms with van der Waals surface area (Å²) in [7, 11) is -3.78. The minimum Gasteiger partial charge on any atom is -0.486 e. The highest BCUT2D eigenvalue weighted by molar-refractivity contribution is 7.89. The summed E-state index contributed by atoms with van der Waals surface area (Å²) in [5.74, 6) is 0.959. The Morgan fingerprint density at radius 2 is 2.00 bits per heavy atom. The van der Waals surface area contributed by atoms with Gasteiger partial charge in [-0.3, -0.25) is 9.59 Å². The number of hydrogen-bond acceptors (Lipinski definition) is 7. The molecule has 2 amide bonds. The number of allylic oxidation sites excluding steroid dienone is 4. The van der Waals surface area contributed by atoms with Crippen molar-refractivity contribution in [2.45, 2.75) is 60.1 Å². The minimum absolute atomic E-state index is 0.0157. The second-order valence-electron chi connectivity index (χ2n) is 9.93. The van der Waals surface area contributed by atoms with E-state index >= 15 is 0 Å². The van der Waals surface area contributed by atoms with Crippen LogP contribution in [0.4, 0.5) is 0 Å². The largest absolute Gasteiger partial charge is 0.486 e. The molecule has 210 valence electrons. The Morgan fingerprint density at radius 3 is 2.69 bits per heavy atom. The summed E-state index contributed by atoms with van der Waals surface area (Å²) >= 11 is 0. The molecule has 0 spiro atoms. The zero-order chi connectivity index (χ0) is 28.6. The number of benzene rings is 1. The number of ether oxygens (including phenoxy) is 1. The van der Waals surface area contributed by atoms with Crippen LogP contribution in [0.2, 0.25) is 0 Å². The Hall–Kier alpha value is -3.66. The molecule has 0 unspecified atom stereocenters. The molecule has 0 fully saturated rings. The molecule has 2 heterocycles. The Kier molecular flexibility index (Phi) is 10.3. The number of aryl methyl sites for hydroxylation is 1. The van der Waals surface area contributed by atoms with Gasteiger partial charge in [0.2, 0.25) is 21.8 Å². The van der Waals surface area contributed by atoms with Crippen LogP contribution in [-0.2, 0) is 34.4 Å². The summed E-state index contributed by atoms with van der Waals surface area (Å²) in [6.45, 7) is 8.82. The maximum atomic E-state index is 12.9. The summed E-state index contributed by atoms with van der Waals surface area (Å²) in [4.78, 5) is 31.7. The van der Waals surface area contributed by atoms with Crippen molar-refractivity contribution in [3.63, 3.8) is 0 Å². The van der Waals surface area contributed by atoms with Gasteiger partial charge in [-0.05, 0) is 68.4 Å². The minimum atomic E-state index is -3.78. The molecular weight excluding hydrogens is 518 g/mol. The van der Waals surface area contributed by atoms with E-state index in [0.29, 0.717) is 42.8 Å². The van der Waals surface area contributed by atoms with Crippen LogP contribution in [0.1, 0.15) is 72.4 Å². The highest BCUT2D eigenvalue weighted by Crippen LogP contribution is 2.29. The van der Waals surface area contributed by atoms with Gasteiger partial charge in [0.15, 0.2) is 0 Å². The molecule has 0 atom stereocenters. The summed E-state index contributed by atoms with van der Waals surface area (Å²) < 4.78 is 37.3. The van der Waals surface area contributed by atoms with Crippen molar-refractivity contribution in [3.05, 3.63) is 76.5 Å². The van der Waals surface area contributed by atoms with Crippen molar-refractivity contribution >= 4 is 27.9 Å². The van der Waals surface area contributed by atoms with Gasteiger partial charge in [0.05, 0.1) is 11.8 Å². The smallest absolute Gasteiger partial charge is 0.268 e. The molecule has 0 radical (unpaired) electrons. The van der Waals surface area contributed by atoms with Gasteiger partial charge < -0.3 is 14.1 Å². The number of hydrogen-bond donors (Lipinski definition) is 1. The Morgan fingerprint density at radius 1 is 1.23 bits per heavy atom. The molecule has 1 aliphatic rings. The van der Waals surface area contributed by atoms with Gasteiger partial charge in [-0.2, -0.15) is 0 Å². The first kappa shape index (κ1) is 29.9. The number of amides is 2. The Bertz CT molecular complexity index is 1390. The molecule has 0 bridgehead atoms. The lowest BCUT2D eigenvalue weighted by atomic mass is 9.96. The SMILES string of the molecule is C/C=C/C=C/C(=O)N1CCc2cc(C(=O)NS(C)(=O)=O)c(OCc3nc(/C=C/CCC(C)C)oc3C)cc2C1. The van der Waals surface area contributed by atoms with Crippen molar-refractivity contribution < 1.29 is 27.2 Å². The molecule has 1 aromatic heterocycles. The molecule has 0 saturated heterocycles. The molecule has 9 nitrogen and oxygen atoms in total. The molecule has 3 rings (SSSR count). The molecule has 1 aliphatic heterocycles. The number of oxazole rings is 1. The number of fused-ring (bicyclic) bond motifs is 1. The van der Waals surface area contributed by atoms with E-state index in [1.165, 1.54) is 6.08 Å². The normalized spacial score (nSPS) is 14.1. The van der Waals surface area contributed by atoms with Gasteiger partial charge in [0.25, 0.3) is 5.91 Å².